The van der Waals surface area contributed by atoms with E-state index in [9.17, 15) is 5.11 Å². The van der Waals surface area contributed by atoms with E-state index in [-0.39, 0.29) is 17.9 Å². The summed E-state index contributed by atoms with van der Waals surface area (Å²) in [7, 11) is 0. The Kier molecular flexibility index (Phi) is 4.66. The first-order chi connectivity index (χ1) is 7.34. The lowest BCUT2D eigenvalue weighted by Crippen LogP contribution is -2.26. The van der Waals surface area contributed by atoms with Crippen LogP contribution in [0.1, 0.15) is 26.3 Å². The monoisotopic (exact) mass is 260 g/mol. The molecular weight excluding hydrogens is 243 g/mol. The molecule has 0 radical (unpaired) electrons. The molecule has 1 aromatic carbocycles. The third-order valence-corrected chi connectivity index (χ3v) is 3.52. The van der Waals surface area contributed by atoms with Gasteiger partial charge in [-0.15, -0.1) is 0 Å². The van der Waals surface area contributed by atoms with Crippen molar-refractivity contribution in [1.29, 1.82) is 0 Å². The van der Waals surface area contributed by atoms with E-state index in [1.165, 1.54) is 0 Å². The van der Waals surface area contributed by atoms with E-state index in [0.717, 1.165) is 12.0 Å². The second kappa shape index (κ2) is 5.39. The minimum atomic E-state index is 0.0559. The van der Waals surface area contributed by atoms with Crippen LogP contribution in [0.15, 0.2) is 18.2 Å². The van der Waals surface area contributed by atoms with Gasteiger partial charge in [-0.2, -0.15) is 0 Å². The van der Waals surface area contributed by atoms with Crippen molar-refractivity contribution in [1.82, 2.24) is 0 Å². The highest BCUT2D eigenvalue weighted by Gasteiger charge is 2.24. The number of hydrogen-bond donors (Lipinski definition) is 1. The van der Waals surface area contributed by atoms with Gasteiger partial charge in [0.05, 0.1) is 0 Å². The van der Waals surface area contributed by atoms with Gasteiger partial charge in [0, 0.05) is 16.7 Å². The predicted molar refractivity (Wildman–Crippen MR) is 70.2 cm³/mol. The van der Waals surface area contributed by atoms with Crippen LogP contribution < -0.4 is 0 Å². The Bertz CT molecular complexity index is 355. The molecule has 3 heteroatoms. The van der Waals surface area contributed by atoms with Crippen molar-refractivity contribution in [3.63, 3.8) is 0 Å². The van der Waals surface area contributed by atoms with Crippen molar-refractivity contribution in [3.8, 4) is 0 Å². The summed E-state index contributed by atoms with van der Waals surface area (Å²) >= 11 is 12.0. The Morgan fingerprint density at radius 2 is 1.88 bits per heavy atom. The Morgan fingerprint density at radius 3 is 2.38 bits per heavy atom. The van der Waals surface area contributed by atoms with E-state index in [1.54, 1.807) is 12.1 Å². The number of halogens is 2. The highest BCUT2D eigenvalue weighted by Crippen LogP contribution is 2.31. The van der Waals surface area contributed by atoms with Gasteiger partial charge < -0.3 is 5.11 Å². The molecule has 1 unspecified atom stereocenters. The molecule has 1 aromatic rings. The summed E-state index contributed by atoms with van der Waals surface area (Å²) < 4.78 is 0. The van der Waals surface area contributed by atoms with Gasteiger partial charge in [-0.3, -0.25) is 0 Å². The molecule has 0 fully saturated rings. The average molecular weight is 261 g/mol. The zero-order valence-corrected chi connectivity index (χ0v) is 11.4. The second-order valence-corrected chi connectivity index (χ2v) is 6.03. The SMILES string of the molecule is CC(C)(C)C(CO)Cc1cc(Cl)ccc1Cl. The van der Waals surface area contributed by atoms with Crippen LogP contribution in [0.5, 0.6) is 0 Å². The van der Waals surface area contributed by atoms with Crippen molar-refractivity contribution in [3.05, 3.63) is 33.8 Å². The minimum Gasteiger partial charge on any atom is -0.396 e. The van der Waals surface area contributed by atoms with Crippen LogP contribution in [0, 0.1) is 11.3 Å². The summed E-state index contributed by atoms with van der Waals surface area (Å²) in [6.07, 6.45) is 0.749. The molecule has 0 saturated heterocycles. The molecule has 0 bridgehead atoms. The average Bonchev–Trinajstić information content (AvgIpc) is 2.17. The molecule has 16 heavy (non-hydrogen) atoms. The maximum Gasteiger partial charge on any atom is 0.0467 e. The summed E-state index contributed by atoms with van der Waals surface area (Å²) in [6.45, 7) is 6.51. The van der Waals surface area contributed by atoms with E-state index in [1.807, 2.05) is 6.07 Å². The van der Waals surface area contributed by atoms with Crippen molar-refractivity contribution < 1.29 is 5.11 Å². The van der Waals surface area contributed by atoms with Gasteiger partial charge >= 0.3 is 0 Å². The van der Waals surface area contributed by atoms with Gasteiger partial charge in [0.1, 0.15) is 0 Å². The molecule has 1 rings (SSSR count). The van der Waals surface area contributed by atoms with Crippen molar-refractivity contribution in [2.75, 3.05) is 6.61 Å². The van der Waals surface area contributed by atoms with Crippen LogP contribution in [0.3, 0.4) is 0 Å². The number of aliphatic hydroxyl groups excluding tert-OH is 1. The van der Waals surface area contributed by atoms with Crippen LogP contribution in [0.2, 0.25) is 10.0 Å². The summed E-state index contributed by atoms with van der Waals surface area (Å²) in [6, 6.07) is 5.45. The number of aliphatic hydroxyl groups is 1. The normalized spacial score (nSPS) is 13.9. The number of benzene rings is 1. The molecule has 0 aliphatic rings. The standard InChI is InChI=1S/C13H18Cl2O/c1-13(2,3)10(8-16)6-9-7-11(14)4-5-12(9)15/h4-5,7,10,16H,6,8H2,1-3H3. The lowest BCUT2D eigenvalue weighted by Gasteiger charge is -2.29. The van der Waals surface area contributed by atoms with Crippen LogP contribution in [-0.2, 0) is 6.42 Å². The summed E-state index contributed by atoms with van der Waals surface area (Å²) in [4.78, 5) is 0. The molecule has 1 N–H and O–H groups in total. The lowest BCUT2D eigenvalue weighted by molar-refractivity contribution is 0.131. The van der Waals surface area contributed by atoms with E-state index in [2.05, 4.69) is 20.8 Å². The van der Waals surface area contributed by atoms with Crippen LogP contribution >= 0.6 is 23.2 Å². The Balaban J connectivity index is 2.90. The van der Waals surface area contributed by atoms with Gasteiger partial charge in [0.2, 0.25) is 0 Å². The lowest BCUT2D eigenvalue weighted by atomic mass is 9.78. The molecule has 0 amide bonds. The van der Waals surface area contributed by atoms with E-state index < -0.39 is 0 Å². The largest absolute Gasteiger partial charge is 0.396 e. The maximum atomic E-state index is 9.41. The second-order valence-electron chi connectivity index (χ2n) is 5.19. The Hall–Kier alpha value is -0.240. The van der Waals surface area contributed by atoms with Gasteiger partial charge in [-0.1, -0.05) is 44.0 Å². The molecule has 0 heterocycles. The molecule has 90 valence electrons. The zero-order valence-electron chi connectivity index (χ0n) is 9.93. The fraction of sp³-hybridized carbons (Fsp3) is 0.538. The highest BCUT2D eigenvalue weighted by atomic mass is 35.5. The van der Waals surface area contributed by atoms with Crippen molar-refractivity contribution in [2.24, 2.45) is 11.3 Å². The summed E-state index contributed by atoms with van der Waals surface area (Å²) in [5.41, 5.74) is 1.06. The van der Waals surface area contributed by atoms with Gasteiger partial charge in [-0.25, -0.2) is 0 Å². The van der Waals surface area contributed by atoms with Crippen molar-refractivity contribution >= 4 is 23.2 Å². The van der Waals surface area contributed by atoms with Crippen molar-refractivity contribution in [2.45, 2.75) is 27.2 Å². The van der Waals surface area contributed by atoms with Gasteiger partial charge in [0.25, 0.3) is 0 Å². The fourth-order valence-corrected chi connectivity index (χ4v) is 2.00. The first kappa shape index (κ1) is 13.8. The van der Waals surface area contributed by atoms with Gasteiger partial charge in [0.15, 0.2) is 0 Å². The topological polar surface area (TPSA) is 20.2 Å². The quantitative estimate of drug-likeness (QED) is 0.864. The predicted octanol–water partition coefficient (Wildman–Crippen LogP) is 4.19. The molecule has 1 nitrogen and oxygen atoms in total. The summed E-state index contributed by atoms with van der Waals surface area (Å²) in [5.74, 6) is 0.184. The first-order valence-corrected chi connectivity index (χ1v) is 6.15. The number of rotatable bonds is 3. The molecule has 0 aliphatic heterocycles. The van der Waals surface area contributed by atoms with Gasteiger partial charge in [-0.05, 0) is 41.5 Å². The highest BCUT2D eigenvalue weighted by molar-refractivity contribution is 6.33. The molecule has 0 aliphatic carbocycles. The molecule has 1 atom stereocenters. The zero-order chi connectivity index (χ0) is 12.3. The maximum absolute atomic E-state index is 9.41. The van der Waals surface area contributed by atoms with E-state index >= 15 is 0 Å². The van der Waals surface area contributed by atoms with Crippen LogP contribution in [-0.4, -0.2) is 11.7 Å². The molecular formula is C13H18Cl2O. The van der Waals surface area contributed by atoms with Crippen LogP contribution in [0.25, 0.3) is 0 Å². The molecule has 0 spiro atoms. The summed E-state index contributed by atoms with van der Waals surface area (Å²) in [5, 5.41) is 10.8. The third-order valence-electron chi connectivity index (χ3n) is 2.92. The van der Waals surface area contributed by atoms with E-state index in [4.69, 9.17) is 23.2 Å². The Morgan fingerprint density at radius 1 is 1.25 bits per heavy atom. The minimum absolute atomic E-state index is 0.0559. The van der Waals surface area contributed by atoms with Crippen LogP contribution in [0.4, 0.5) is 0 Å². The van der Waals surface area contributed by atoms with E-state index in [0.29, 0.717) is 10.0 Å². The molecule has 0 aromatic heterocycles. The third kappa shape index (κ3) is 3.65. The Labute approximate surface area is 107 Å². The smallest absolute Gasteiger partial charge is 0.0467 e. The number of hydrogen-bond acceptors (Lipinski definition) is 1. The first-order valence-electron chi connectivity index (χ1n) is 5.39. The fourth-order valence-electron chi connectivity index (χ4n) is 1.61. The molecule has 0 saturated carbocycles.